The standard InChI is InChI=1S/C13H26N2O3/c1-2-3-13(4-6-14-7-5-13)12(18)15(8-10-16)9-11-17/h14,16-17H,2-11H2,1H3. The van der Waals surface area contributed by atoms with E-state index in [1.165, 1.54) is 0 Å². The summed E-state index contributed by atoms with van der Waals surface area (Å²) in [5, 5.41) is 21.4. The minimum atomic E-state index is -0.287. The summed E-state index contributed by atoms with van der Waals surface area (Å²) < 4.78 is 0. The molecule has 0 aromatic rings. The fraction of sp³-hybridized carbons (Fsp3) is 0.923. The number of amides is 1. The van der Waals surface area contributed by atoms with Gasteiger partial charge in [0.15, 0.2) is 0 Å². The fourth-order valence-electron chi connectivity index (χ4n) is 2.85. The summed E-state index contributed by atoms with van der Waals surface area (Å²) >= 11 is 0. The Labute approximate surface area is 109 Å². The Morgan fingerprint density at radius 1 is 1.22 bits per heavy atom. The minimum absolute atomic E-state index is 0.0494. The average molecular weight is 258 g/mol. The summed E-state index contributed by atoms with van der Waals surface area (Å²) in [6, 6.07) is 0. The molecule has 0 radical (unpaired) electrons. The van der Waals surface area contributed by atoms with Gasteiger partial charge in [-0.05, 0) is 32.4 Å². The average Bonchev–Trinajstić information content (AvgIpc) is 2.39. The molecule has 1 heterocycles. The molecule has 1 aliphatic rings. The van der Waals surface area contributed by atoms with Crippen molar-refractivity contribution < 1.29 is 15.0 Å². The summed E-state index contributed by atoms with van der Waals surface area (Å²) in [6.45, 7) is 4.38. The largest absolute Gasteiger partial charge is 0.395 e. The molecule has 1 rings (SSSR count). The normalized spacial score (nSPS) is 18.6. The first kappa shape index (κ1) is 15.4. The summed E-state index contributed by atoms with van der Waals surface area (Å²) in [5.74, 6) is 0.106. The van der Waals surface area contributed by atoms with E-state index >= 15 is 0 Å². The van der Waals surface area contributed by atoms with Gasteiger partial charge in [0, 0.05) is 13.1 Å². The second kappa shape index (κ2) is 7.71. The molecule has 3 N–H and O–H groups in total. The maximum atomic E-state index is 12.7. The summed E-state index contributed by atoms with van der Waals surface area (Å²) in [4.78, 5) is 14.3. The van der Waals surface area contributed by atoms with Crippen LogP contribution in [0, 0.1) is 5.41 Å². The van der Waals surface area contributed by atoms with Crippen LogP contribution in [0.5, 0.6) is 0 Å². The molecule has 0 unspecified atom stereocenters. The van der Waals surface area contributed by atoms with Crippen LogP contribution in [0.3, 0.4) is 0 Å². The third kappa shape index (κ3) is 3.67. The predicted molar refractivity (Wildman–Crippen MR) is 70.2 cm³/mol. The summed E-state index contributed by atoms with van der Waals surface area (Å²) in [6.07, 6.45) is 3.58. The monoisotopic (exact) mass is 258 g/mol. The molecule has 0 atom stereocenters. The lowest BCUT2D eigenvalue weighted by Crippen LogP contribution is -2.50. The van der Waals surface area contributed by atoms with Gasteiger partial charge < -0.3 is 20.4 Å². The Kier molecular flexibility index (Phi) is 6.60. The van der Waals surface area contributed by atoms with Gasteiger partial charge in [0.25, 0.3) is 0 Å². The minimum Gasteiger partial charge on any atom is -0.395 e. The molecule has 0 bridgehead atoms. The van der Waals surface area contributed by atoms with Crippen LogP contribution in [0.2, 0.25) is 0 Å². The number of aliphatic hydroxyl groups excluding tert-OH is 2. The van der Waals surface area contributed by atoms with E-state index in [2.05, 4.69) is 12.2 Å². The summed E-state index contributed by atoms with van der Waals surface area (Å²) in [7, 11) is 0. The van der Waals surface area contributed by atoms with Crippen molar-refractivity contribution in [3.8, 4) is 0 Å². The Balaban J connectivity index is 2.78. The molecule has 1 aliphatic heterocycles. The van der Waals surface area contributed by atoms with E-state index in [-0.39, 0.29) is 24.5 Å². The Morgan fingerprint density at radius 2 is 1.78 bits per heavy atom. The predicted octanol–water partition coefficient (Wildman–Crippen LogP) is -0.0305. The lowest BCUT2D eigenvalue weighted by molar-refractivity contribution is -0.145. The van der Waals surface area contributed by atoms with Crippen LogP contribution in [0.1, 0.15) is 32.6 Å². The van der Waals surface area contributed by atoms with Crippen LogP contribution in [-0.2, 0) is 4.79 Å². The van der Waals surface area contributed by atoms with Gasteiger partial charge in [-0.1, -0.05) is 13.3 Å². The number of hydrogen-bond donors (Lipinski definition) is 3. The molecule has 1 amide bonds. The van der Waals surface area contributed by atoms with Crippen molar-refractivity contribution in [3.63, 3.8) is 0 Å². The van der Waals surface area contributed by atoms with Crippen molar-refractivity contribution in [2.45, 2.75) is 32.6 Å². The van der Waals surface area contributed by atoms with E-state index in [0.29, 0.717) is 13.1 Å². The van der Waals surface area contributed by atoms with Crippen LogP contribution in [0.15, 0.2) is 0 Å². The molecule has 5 heteroatoms. The van der Waals surface area contributed by atoms with Gasteiger partial charge in [-0.15, -0.1) is 0 Å². The molecule has 1 fully saturated rings. The maximum Gasteiger partial charge on any atom is 0.229 e. The van der Waals surface area contributed by atoms with Gasteiger partial charge >= 0.3 is 0 Å². The van der Waals surface area contributed by atoms with Crippen LogP contribution < -0.4 is 5.32 Å². The maximum absolute atomic E-state index is 12.7. The van der Waals surface area contributed by atoms with Crippen molar-refractivity contribution in [2.24, 2.45) is 5.41 Å². The first-order valence-corrected chi connectivity index (χ1v) is 6.92. The molecule has 0 aromatic carbocycles. The topological polar surface area (TPSA) is 72.8 Å². The Hall–Kier alpha value is -0.650. The highest BCUT2D eigenvalue weighted by Crippen LogP contribution is 2.36. The SMILES string of the molecule is CCCC1(C(=O)N(CCO)CCO)CCNCC1. The zero-order valence-electron chi connectivity index (χ0n) is 11.3. The van der Waals surface area contributed by atoms with E-state index in [4.69, 9.17) is 10.2 Å². The van der Waals surface area contributed by atoms with Crippen LogP contribution in [-0.4, -0.2) is 60.4 Å². The number of carbonyl (C=O) groups is 1. The van der Waals surface area contributed by atoms with Crippen molar-refractivity contribution in [3.05, 3.63) is 0 Å². The van der Waals surface area contributed by atoms with Gasteiger partial charge in [-0.25, -0.2) is 0 Å². The Bertz CT molecular complexity index is 241. The molecular weight excluding hydrogens is 232 g/mol. The molecule has 5 nitrogen and oxygen atoms in total. The van der Waals surface area contributed by atoms with Crippen molar-refractivity contribution in [2.75, 3.05) is 39.4 Å². The smallest absolute Gasteiger partial charge is 0.229 e. The van der Waals surface area contributed by atoms with Crippen molar-refractivity contribution in [1.82, 2.24) is 10.2 Å². The third-order valence-electron chi connectivity index (χ3n) is 3.77. The quantitative estimate of drug-likeness (QED) is 0.599. The van der Waals surface area contributed by atoms with Gasteiger partial charge in [-0.3, -0.25) is 4.79 Å². The van der Waals surface area contributed by atoms with Gasteiger partial charge in [0.05, 0.1) is 18.6 Å². The number of aliphatic hydroxyl groups is 2. The number of hydrogen-bond acceptors (Lipinski definition) is 4. The molecular formula is C13H26N2O3. The number of nitrogens with one attached hydrogen (secondary N) is 1. The summed E-state index contributed by atoms with van der Waals surface area (Å²) in [5.41, 5.74) is -0.287. The van der Waals surface area contributed by atoms with E-state index in [1.807, 2.05) is 0 Å². The second-order valence-electron chi connectivity index (χ2n) is 5.02. The fourth-order valence-corrected chi connectivity index (χ4v) is 2.85. The third-order valence-corrected chi connectivity index (χ3v) is 3.77. The highest BCUT2D eigenvalue weighted by atomic mass is 16.3. The van der Waals surface area contributed by atoms with E-state index in [9.17, 15) is 4.79 Å². The van der Waals surface area contributed by atoms with Crippen LogP contribution in [0.4, 0.5) is 0 Å². The van der Waals surface area contributed by atoms with Gasteiger partial charge in [0.1, 0.15) is 0 Å². The first-order chi connectivity index (χ1) is 8.70. The molecule has 0 saturated carbocycles. The van der Waals surface area contributed by atoms with Crippen molar-refractivity contribution >= 4 is 5.91 Å². The number of nitrogens with zero attached hydrogens (tertiary/aromatic N) is 1. The molecule has 18 heavy (non-hydrogen) atoms. The van der Waals surface area contributed by atoms with E-state index < -0.39 is 0 Å². The van der Waals surface area contributed by atoms with Crippen LogP contribution in [0.25, 0.3) is 0 Å². The zero-order valence-corrected chi connectivity index (χ0v) is 11.3. The first-order valence-electron chi connectivity index (χ1n) is 6.92. The zero-order chi connectivity index (χ0) is 13.4. The van der Waals surface area contributed by atoms with Gasteiger partial charge in [-0.2, -0.15) is 0 Å². The molecule has 0 aliphatic carbocycles. The lowest BCUT2D eigenvalue weighted by Gasteiger charge is -2.40. The van der Waals surface area contributed by atoms with Gasteiger partial charge in [0.2, 0.25) is 5.91 Å². The molecule has 106 valence electrons. The molecule has 0 aromatic heterocycles. The highest BCUT2D eigenvalue weighted by Gasteiger charge is 2.40. The van der Waals surface area contributed by atoms with E-state index in [0.717, 1.165) is 38.8 Å². The second-order valence-corrected chi connectivity index (χ2v) is 5.02. The molecule has 1 saturated heterocycles. The molecule has 0 spiro atoms. The van der Waals surface area contributed by atoms with E-state index in [1.54, 1.807) is 4.90 Å². The van der Waals surface area contributed by atoms with Crippen LogP contribution >= 0.6 is 0 Å². The number of piperidine rings is 1. The lowest BCUT2D eigenvalue weighted by atomic mass is 9.74. The Morgan fingerprint density at radius 3 is 2.22 bits per heavy atom. The number of carbonyl (C=O) groups excluding carboxylic acids is 1. The van der Waals surface area contributed by atoms with Crippen molar-refractivity contribution in [1.29, 1.82) is 0 Å². The number of rotatable bonds is 7. The highest BCUT2D eigenvalue weighted by molar-refractivity contribution is 5.83.